The predicted molar refractivity (Wildman–Crippen MR) is 189 cm³/mol. The first-order valence-electron chi connectivity index (χ1n) is 17.1. The molecule has 5 nitrogen and oxygen atoms in total. The Kier molecular flexibility index (Phi) is 9.43. The van der Waals surface area contributed by atoms with Gasteiger partial charge in [-0.2, -0.15) is 0 Å². The Morgan fingerprint density at radius 1 is 0.545 bits per heavy atom. The van der Waals surface area contributed by atoms with Crippen molar-refractivity contribution in [3.05, 3.63) is 91.0 Å². The van der Waals surface area contributed by atoms with Crippen molar-refractivity contribution in [2.75, 3.05) is 0 Å². The molecule has 8 bridgehead atoms. The molecule has 232 valence electrons. The van der Waals surface area contributed by atoms with Crippen molar-refractivity contribution < 1.29 is 5.11 Å². The Balaban J connectivity index is 1.96. The maximum atomic E-state index is 10.9. The van der Waals surface area contributed by atoms with Crippen LogP contribution in [0, 0.1) is 0 Å². The van der Waals surface area contributed by atoms with Crippen LogP contribution < -0.4 is 0 Å². The summed E-state index contributed by atoms with van der Waals surface area (Å²) >= 11 is 0. The highest BCUT2D eigenvalue weighted by Gasteiger charge is 2.33. The van der Waals surface area contributed by atoms with Gasteiger partial charge in [0, 0.05) is 11.3 Å². The van der Waals surface area contributed by atoms with Gasteiger partial charge in [0.25, 0.3) is 0 Å². The number of allylic oxidation sites excluding steroid dienone is 9. The average Bonchev–Trinajstić information content (AvgIpc) is 3.77. The van der Waals surface area contributed by atoms with E-state index in [0.717, 1.165) is 109 Å². The van der Waals surface area contributed by atoms with Crippen LogP contribution in [0.4, 0.5) is 0 Å². The SMILES string of the molecule is CCC1=C(CC)C2=NC1=Cc1[nH]c(c(CC)c1CC)/C(=C/O)C1=NC(=CC3=NC(=C2CC)C(CC)=C3CC)C(CC)=C1CC. The number of nitrogens with one attached hydrogen (secondary N) is 1. The number of fused-ring (bicyclic) bond motifs is 5. The molecule has 0 fully saturated rings. The number of rotatable bonds is 9. The highest BCUT2D eigenvalue weighted by molar-refractivity contribution is 6.33. The van der Waals surface area contributed by atoms with Gasteiger partial charge in [-0.3, -0.25) is 0 Å². The Bertz CT molecular complexity index is 1700. The first-order valence-corrected chi connectivity index (χ1v) is 17.1. The number of hydrogen-bond acceptors (Lipinski definition) is 4. The molecule has 0 saturated heterocycles. The number of aromatic amines is 1. The highest BCUT2D eigenvalue weighted by atomic mass is 16.2. The molecule has 0 radical (unpaired) electrons. The van der Waals surface area contributed by atoms with Crippen LogP contribution in [0.25, 0.3) is 11.6 Å². The zero-order chi connectivity index (χ0) is 31.7. The smallest absolute Gasteiger partial charge is 0.0907 e. The number of aliphatic hydroxyl groups is 1. The third-order valence-corrected chi connectivity index (χ3v) is 9.79. The molecule has 2 N–H and O–H groups in total. The quantitative estimate of drug-likeness (QED) is 0.276. The number of aromatic nitrogens is 1. The van der Waals surface area contributed by atoms with Crippen molar-refractivity contribution in [1.29, 1.82) is 0 Å². The number of aliphatic imine (C=N–C) groups is 3. The molecule has 0 amide bonds. The summed E-state index contributed by atoms with van der Waals surface area (Å²) in [6.45, 7) is 20.0. The summed E-state index contributed by atoms with van der Waals surface area (Å²) in [5.74, 6) is 0. The highest BCUT2D eigenvalue weighted by Crippen LogP contribution is 2.43. The minimum atomic E-state index is 0.762. The molecule has 4 aliphatic heterocycles. The van der Waals surface area contributed by atoms with Gasteiger partial charge >= 0.3 is 0 Å². The van der Waals surface area contributed by atoms with E-state index in [9.17, 15) is 5.11 Å². The molecule has 44 heavy (non-hydrogen) atoms. The topological polar surface area (TPSA) is 73.1 Å². The molecule has 0 aliphatic carbocycles. The lowest BCUT2D eigenvalue weighted by Gasteiger charge is -2.13. The second-order valence-electron chi connectivity index (χ2n) is 11.8. The summed E-state index contributed by atoms with van der Waals surface area (Å²) in [4.78, 5) is 19.9. The minimum Gasteiger partial charge on any atom is -0.515 e. The van der Waals surface area contributed by atoms with Crippen molar-refractivity contribution in [3.8, 4) is 0 Å². The van der Waals surface area contributed by atoms with Gasteiger partial charge in [-0.1, -0.05) is 62.3 Å². The summed E-state index contributed by atoms with van der Waals surface area (Å²) in [6.07, 6.45) is 13.7. The van der Waals surface area contributed by atoms with E-state index in [1.807, 2.05) is 0 Å². The number of H-pyrrole nitrogens is 1. The molecular weight excluding hydrogens is 540 g/mol. The zero-order valence-electron chi connectivity index (χ0n) is 28.4. The molecule has 0 spiro atoms. The van der Waals surface area contributed by atoms with E-state index in [1.165, 1.54) is 56.4 Å². The van der Waals surface area contributed by atoms with Gasteiger partial charge in [-0.15, -0.1) is 0 Å². The standard InChI is InChI=1S/C39H50N4O/c1-10-22-26(14-5)36-30(18-9)37-27(15-6)23(11-2)33(41-37)20-35-25(13-4)29(17-8)39(43-35)31(21-44)38-28(16-7)24(12-3)34(42-38)19-32(22)40-36/h19-21,42,44H,10-18H2,1-9H3/b31-21-,32-19?,35-20?,37-30?. The van der Waals surface area contributed by atoms with Crippen LogP contribution in [0.1, 0.15) is 130 Å². The van der Waals surface area contributed by atoms with E-state index >= 15 is 0 Å². The molecule has 5 rings (SSSR count). The van der Waals surface area contributed by atoms with Crippen molar-refractivity contribution in [2.45, 2.75) is 120 Å². The van der Waals surface area contributed by atoms with Crippen LogP contribution in [-0.2, 0) is 12.8 Å². The molecule has 5 heteroatoms. The van der Waals surface area contributed by atoms with Gasteiger partial charge in [0.15, 0.2) is 0 Å². The van der Waals surface area contributed by atoms with E-state index in [4.69, 9.17) is 15.0 Å². The first kappa shape index (κ1) is 31.7. The maximum absolute atomic E-state index is 10.9. The minimum absolute atomic E-state index is 0.762. The van der Waals surface area contributed by atoms with Crippen molar-refractivity contribution >= 4 is 28.8 Å². The number of nitrogens with zero attached hydrogens (tertiary/aromatic N) is 3. The molecule has 0 aromatic carbocycles. The van der Waals surface area contributed by atoms with Gasteiger partial charge in [0.05, 0.1) is 51.8 Å². The Morgan fingerprint density at radius 3 is 1.59 bits per heavy atom. The molecular formula is C39H50N4O. The van der Waals surface area contributed by atoms with Crippen LogP contribution in [0.15, 0.2) is 83.4 Å². The molecule has 1 aromatic heterocycles. The normalized spacial score (nSPS) is 19.4. The second-order valence-corrected chi connectivity index (χ2v) is 11.8. The summed E-state index contributed by atoms with van der Waals surface area (Å²) in [5.41, 5.74) is 20.4. The van der Waals surface area contributed by atoms with Gasteiger partial charge in [0.2, 0.25) is 0 Å². The third kappa shape index (κ3) is 4.89. The fourth-order valence-electron chi connectivity index (χ4n) is 7.77. The number of hydrogen-bond donors (Lipinski definition) is 2. The number of aliphatic hydroxyl groups excluding tert-OH is 1. The lowest BCUT2D eigenvalue weighted by Crippen LogP contribution is -2.07. The summed E-state index contributed by atoms with van der Waals surface area (Å²) < 4.78 is 0. The predicted octanol–water partition coefficient (Wildman–Crippen LogP) is 10.7. The maximum Gasteiger partial charge on any atom is 0.0907 e. The second kappa shape index (κ2) is 13.1. The third-order valence-electron chi connectivity index (χ3n) is 9.79. The van der Waals surface area contributed by atoms with E-state index in [-0.39, 0.29) is 0 Å². The lowest BCUT2D eigenvalue weighted by atomic mass is 9.90. The van der Waals surface area contributed by atoms with E-state index in [2.05, 4.69) is 79.4 Å². The molecule has 1 aromatic rings. The van der Waals surface area contributed by atoms with E-state index in [1.54, 1.807) is 0 Å². The van der Waals surface area contributed by atoms with E-state index < -0.39 is 0 Å². The summed E-state index contributed by atoms with van der Waals surface area (Å²) in [5, 5.41) is 10.9. The van der Waals surface area contributed by atoms with Gasteiger partial charge in [-0.25, -0.2) is 15.0 Å². The summed E-state index contributed by atoms with van der Waals surface area (Å²) in [6, 6.07) is 0. The van der Waals surface area contributed by atoms with Gasteiger partial charge < -0.3 is 10.1 Å². The van der Waals surface area contributed by atoms with Crippen LogP contribution in [0.3, 0.4) is 0 Å². The van der Waals surface area contributed by atoms with Gasteiger partial charge in [-0.05, 0) is 115 Å². The van der Waals surface area contributed by atoms with Crippen LogP contribution in [-0.4, -0.2) is 27.2 Å². The Morgan fingerprint density at radius 2 is 1.07 bits per heavy atom. The monoisotopic (exact) mass is 590 g/mol. The fraction of sp³-hybridized carbons (Fsp3) is 0.462. The van der Waals surface area contributed by atoms with Crippen molar-refractivity contribution in [1.82, 2.24) is 4.98 Å². The zero-order valence-corrected chi connectivity index (χ0v) is 28.4. The molecule has 0 saturated carbocycles. The van der Waals surface area contributed by atoms with Crippen molar-refractivity contribution in [2.24, 2.45) is 15.0 Å². The van der Waals surface area contributed by atoms with Crippen LogP contribution in [0.2, 0.25) is 0 Å². The summed E-state index contributed by atoms with van der Waals surface area (Å²) in [7, 11) is 0. The lowest BCUT2D eigenvalue weighted by molar-refractivity contribution is 0.476. The molecule has 0 atom stereocenters. The Labute approximate surface area is 264 Å². The van der Waals surface area contributed by atoms with Crippen LogP contribution in [0.5, 0.6) is 0 Å². The molecule has 5 heterocycles. The Hall–Kier alpha value is -3.73. The van der Waals surface area contributed by atoms with Crippen LogP contribution >= 0.6 is 0 Å². The first-order chi connectivity index (χ1) is 21.4. The van der Waals surface area contributed by atoms with Crippen molar-refractivity contribution in [3.63, 3.8) is 0 Å². The van der Waals surface area contributed by atoms with E-state index in [0.29, 0.717) is 0 Å². The van der Waals surface area contributed by atoms with Gasteiger partial charge in [0.1, 0.15) is 0 Å². The fourth-order valence-corrected chi connectivity index (χ4v) is 7.77. The average molecular weight is 591 g/mol. The largest absolute Gasteiger partial charge is 0.515 e. The molecule has 0 unspecified atom stereocenters. The molecule has 4 aliphatic rings.